The summed E-state index contributed by atoms with van der Waals surface area (Å²) in [5.74, 6) is 1.92. The third-order valence-corrected chi connectivity index (χ3v) is 10.5. The quantitative estimate of drug-likeness (QED) is 0.153. The molecule has 4 heteroatoms. The summed E-state index contributed by atoms with van der Waals surface area (Å²) >= 11 is 3.37. The molecule has 0 saturated heterocycles. The van der Waals surface area contributed by atoms with Crippen LogP contribution in [-0.2, 0) is 0 Å². The predicted molar refractivity (Wildman–Crippen MR) is 221 cm³/mol. The number of hydrogen-bond acceptors (Lipinski definition) is 3. The fourth-order valence-corrected chi connectivity index (χ4v) is 7.74. The van der Waals surface area contributed by atoms with E-state index in [-0.39, 0.29) is 0 Å². The van der Waals surface area contributed by atoms with Gasteiger partial charge in [0.25, 0.3) is 0 Å². The maximum absolute atomic E-state index is 5.08. The second kappa shape index (κ2) is 14.3. The molecule has 0 unspecified atom stereocenters. The summed E-state index contributed by atoms with van der Waals surface area (Å²) < 4.78 is 1.15. The topological polar surface area (TPSA) is 38.7 Å². The molecule has 53 heavy (non-hydrogen) atoms. The normalized spacial score (nSPS) is 11.1. The molecule has 0 atom stereocenters. The first kappa shape index (κ1) is 32.5. The van der Waals surface area contributed by atoms with Gasteiger partial charge < -0.3 is 0 Å². The van der Waals surface area contributed by atoms with Gasteiger partial charge in [-0.3, -0.25) is 0 Å². The van der Waals surface area contributed by atoms with Crippen molar-refractivity contribution in [3.63, 3.8) is 0 Å². The number of nitrogens with zero attached hydrogens (tertiary/aromatic N) is 3. The molecular weight excluding hydrogens is 710 g/mol. The number of aromatic nitrogens is 3. The Labute approximate surface area is 317 Å². The minimum absolute atomic E-state index is 0.637. The molecule has 0 amide bonds. The fraction of sp³-hybridized carbons (Fsp3) is 0. The van der Waals surface area contributed by atoms with Crippen LogP contribution in [0.25, 0.3) is 89.4 Å². The molecule has 0 N–H and O–H groups in total. The molecule has 0 bridgehead atoms. The van der Waals surface area contributed by atoms with E-state index in [0.29, 0.717) is 17.5 Å². The molecule has 0 spiro atoms. The second-order valence-electron chi connectivity index (χ2n) is 13.0. The summed E-state index contributed by atoms with van der Waals surface area (Å²) in [6, 6.07) is 67.8. The van der Waals surface area contributed by atoms with Crippen molar-refractivity contribution in [2.75, 3.05) is 0 Å². The van der Waals surface area contributed by atoms with Gasteiger partial charge in [0.15, 0.2) is 11.6 Å². The monoisotopic (exact) mass is 742 g/mol. The van der Waals surface area contributed by atoms with Crippen LogP contribution < -0.4 is 4.46 Å². The zero-order valence-electron chi connectivity index (χ0n) is 28.7. The van der Waals surface area contributed by atoms with Gasteiger partial charge in [0.05, 0.1) is 0 Å². The van der Waals surface area contributed by atoms with Crippen molar-refractivity contribution in [3.8, 4) is 78.7 Å². The molecule has 9 aromatic rings. The molecule has 8 aromatic carbocycles. The van der Waals surface area contributed by atoms with E-state index in [0.717, 1.165) is 43.2 Å². The molecule has 3 nitrogen and oxygen atoms in total. The Balaban J connectivity index is 1.11. The van der Waals surface area contributed by atoms with E-state index in [2.05, 4.69) is 174 Å². The zero-order chi connectivity index (χ0) is 35.6. The van der Waals surface area contributed by atoms with Crippen LogP contribution in [0, 0.1) is 0 Å². The maximum atomic E-state index is 5.08. The van der Waals surface area contributed by atoms with E-state index in [4.69, 9.17) is 15.0 Å². The van der Waals surface area contributed by atoms with Crippen molar-refractivity contribution < 1.29 is 0 Å². The summed E-state index contributed by atoms with van der Waals surface area (Å²) in [4.78, 5) is 15.1. The summed E-state index contributed by atoms with van der Waals surface area (Å²) in [6.07, 6.45) is 0. The van der Waals surface area contributed by atoms with Crippen LogP contribution in [0.3, 0.4) is 0 Å². The molecule has 0 aliphatic rings. The Morgan fingerprint density at radius 2 is 0.717 bits per heavy atom. The number of hydrogen-bond donors (Lipinski definition) is 0. The van der Waals surface area contributed by atoms with Crippen molar-refractivity contribution in [1.29, 1.82) is 0 Å². The van der Waals surface area contributed by atoms with Crippen molar-refractivity contribution in [2.45, 2.75) is 0 Å². The van der Waals surface area contributed by atoms with Crippen LogP contribution in [0.4, 0.5) is 0 Å². The third-order valence-electron chi connectivity index (χ3n) is 9.62. The molecule has 0 fully saturated rings. The summed E-state index contributed by atoms with van der Waals surface area (Å²) in [6.45, 7) is 0. The van der Waals surface area contributed by atoms with Crippen molar-refractivity contribution in [2.24, 2.45) is 0 Å². The van der Waals surface area contributed by atoms with E-state index in [1.165, 1.54) is 33.2 Å². The SMILES string of the molecule is [Se]c1c(-c2ccccc2)cccc1-c1cccc(-c2cccc3cc(-c4nc(-c5ccccc5)nc(-c5cccc(-c6ccccc6)c5)n4)ccc23)c1. The number of fused-ring (bicyclic) bond motifs is 1. The molecule has 249 valence electrons. The van der Waals surface area contributed by atoms with Crippen molar-refractivity contribution in [1.82, 2.24) is 15.0 Å². The number of benzene rings is 8. The summed E-state index contributed by atoms with van der Waals surface area (Å²) in [5.41, 5.74) is 12.2. The van der Waals surface area contributed by atoms with Crippen molar-refractivity contribution >= 4 is 31.2 Å². The molecule has 1 aromatic heterocycles. The molecule has 1 radical (unpaired) electrons. The van der Waals surface area contributed by atoms with Gasteiger partial charge in [-0.05, 0) is 17.2 Å². The van der Waals surface area contributed by atoms with E-state index in [1.54, 1.807) is 0 Å². The van der Waals surface area contributed by atoms with Crippen LogP contribution in [0.15, 0.2) is 194 Å². The third kappa shape index (κ3) is 6.58. The standard InChI is InChI=1S/C49H32N3Se/c53-46-44(34-16-6-2-7-17-34)26-13-27-45(46)39-22-11-21-37(31-39)42-25-12-23-38-32-41(28-29-43(38)42)49-51-47(35-18-8-3-9-19-35)50-48(52-49)40-24-10-20-36(30-40)33-14-4-1-5-15-33/h1-32H. The average molecular weight is 742 g/mol. The van der Waals surface area contributed by atoms with Gasteiger partial charge in [-0.15, -0.1) is 0 Å². The first-order valence-electron chi connectivity index (χ1n) is 17.6. The molecule has 1 heterocycles. The molecular formula is C49H32N3Se. The van der Waals surface area contributed by atoms with E-state index in [1.807, 2.05) is 36.4 Å². The van der Waals surface area contributed by atoms with Crippen molar-refractivity contribution in [3.05, 3.63) is 194 Å². The van der Waals surface area contributed by atoms with Gasteiger partial charge in [-0.2, -0.15) is 0 Å². The van der Waals surface area contributed by atoms with E-state index in [9.17, 15) is 0 Å². The fourth-order valence-electron chi connectivity index (χ4n) is 6.96. The number of rotatable bonds is 7. The first-order valence-corrected chi connectivity index (χ1v) is 18.5. The van der Waals surface area contributed by atoms with Gasteiger partial charge in [0, 0.05) is 11.1 Å². The predicted octanol–water partition coefficient (Wildman–Crippen LogP) is 11.5. The van der Waals surface area contributed by atoms with E-state index < -0.39 is 0 Å². The molecule has 0 aliphatic heterocycles. The molecule has 9 rings (SSSR count). The zero-order valence-corrected chi connectivity index (χ0v) is 30.4. The van der Waals surface area contributed by atoms with Crippen LogP contribution in [0.5, 0.6) is 0 Å². The van der Waals surface area contributed by atoms with Crippen LogP contribution in [-0.4, -0.2) is 31.0 Å². The first-order chi connectivity index (χ1) is 26.2. The summed E-state index contributed by atoms with van der Waals surface area (Å²) in [7, 11) is 0. The van der Waals surface area contributed by atoms with Gasteiger partial charge >= 0.3 is 195 Å². The van der Waals surface area contributed by atoms with Gasteiger partial charge in [-0.1, -0.05) is 78.9 Å². The Kier molecular flexibility index (Phi) is 8.75. The van der Waals surface area contributed by atoms with Crippen LogP contribution in [0.2, 0.25) is 0 Å². The molecule has 0 aliphatic carbocycles. The van der Waals surface area contributed by atoms with Gasteiger partial charge in [0.2, 0.25) is 0 Å². The van der Waals surface area contributed by atoms with Gasteiger partial charge in [0.1, 0.15) is 0 Å². The Hall–Kier alpha value is -6.45. The molecule has 0 saturated carbocycles. The van der Waals surface area contributed by atoms with Crippen LogP contribution >= 0.6 is 0 Å². The average Bonchev–Trinajstić information content (AvgIpc) is 3.24. The Morgan fingerprint density at radius 1 is 0.283 bits per heavy atom. The summed E-state index contributed by atoms with van der Waals surface area (Å²) in [5, 5.41) is 2.29. The van der Waals surface area contributed by atoms with Gasteiger partial charge in [-0.25, -0.2) is 4.98 Å². The van der Waals surface area contributed by atoms with Crippen LogP contribution in [0.1, 0.15) is 0 Å². The minimum atomic E-state index is 0.637. The van der Waals surface area contributed by atoms with E-state index >= 15 is 0 Å². The second-order valence-corrected chi connectivity index (χ2v) is 13.8. The Morgan fingerprint density at radius 3 is 1.40 bits per heavy atom. The Bertz CT molecular complexity index is 2730.